The molecule has 0 fully saturated rings. The van der Waals surface area contributed by atoms with Crippen molar-refractivity contribution < 1.29 is 13.2 Å². The smallest absolute Gasteiger partial charge is 0.259 e. The number of aryl methyl sites for hydroxylation is 1. The third-order valence-corrected chi connectivity index (χ3v) is 3.96. The molecule has 0 saturated carbocycles. The van der Waals surface area contributed by atoms with Crippen molar-refractivity contribution in [3.05, 3.63) is 40.7 Å². The van der Waals surface area contributed by atoms with E-state index >= 15 is 0 Å². The van der Waals surface area contributed by atoms with E-state index in [-0.39, 0.29) is 15.8 Å². The Kier molecular flexibility index (Phi) is 3.80. The number of hydrogen-bond acceptors (Lipinski definition) is 4. The lowest BCUT2D eigenvalue weighted by molar-refractivity contribution is 0.102. The third kappa shape index (κ3) is 2.98. The van der Waals surface area contributed by atoms with Crippen LogP contribution in [0.1, 0.15) is 16.1 Å². The number of halogens is 1. The van der Waals surface area contributed by atoms with Crippen LogP contribution in [0.25, 0.3) is 0 Å². The normalized spacial score (nSPS) is 11.3. The molecule has 1 amide bonds. The third-order valence-electron chi connectivity index (χ3n) is 2.57. The van der Waals surface area contributed by atoms with Gasteiger partial charge in [0.1, 0.15) is 4.90 Å². The van der Waals surface area contributed by atoms with Gasteiger partial charge in [-0.05, 0) is 25.1 Å². The van der Waals surface area contributed by atoms with Gasteiger partial charge in [0.25, 0.3) is 5.91 Å². The number of aromatic amines is 1. The fraction of sp³-hybridized carbons (Fsp3) is 0.0909. The zero-order valence-electron chi connectivity index (χ0n) is 10.3. The van der Waals surface area contributed by atoms with Crippen LogP contribution in [0.2, 0.25) is 5.02 Å². The topological polar surface area (TPSA) is 118 Å². The van der Waals surface area contributed by atoms with Crippen molar-refractivity contribution in [3.63, 3.8) is 0 Å². The van der Waals surface area contributed by atoms with Crippen LogP contribution >= 0.6 is 11.6 Å². The Labute approximate surface area is 120 Å². The highest BCUT2D eigenvalue weighted by molar-refractivity contribution is 7.89. The second-order valence-electron chi connectivity index (χ2n) is 4.05. The van der Waals surface area contributed by atoms with Gasteiger partial charge in [-0.25, -0.2) is 13.6 Å². The van der Waals surface area contributed by atoms with Crippen LogP contribution in [0, 0.1) is 6.92 Å². The average molecular weight is 315 g/mol. The van der Waals surface area contributed by atoms with Gasteiger partial charge in [-0.2, -0.15) is 5.10 Å². The fourth-order valence-corrected chi connectivity index (χ4v) is 2.68. The Hall–Kier alpha value is -1.90. The summed E-state index contributed by atoms with van der Waals surface area (Å²) in [4.78, 5) is 11.7. The maximum Gasteiger partial charge on any atom is 0.259 e. The molecular formula is C11H11ClN4O3S. The van der Waals surface area contributed by atoms with Gasteiger partial charge in [-0.3, -0.25) is 9.89 Å². The predicted molar refractivity (Wildman–Crippen MR) is 74.1 cm³/mol. The number of anilines is 1. The second-order valence-corrected chi connectivity index (χ2v) is 5.99. The van der Waals surface area contributed by atoms with Gasteiger partial charge in [-0.15, -0.1) is 0 Å². The number of aromatic nitrogens is 2. The number of primary sulfonamides is 1. The number of nitrogens with one attached hydrogen (secondary N) is 2. The maximum atomic E-state index is 11.9. The minimum absolute atomic E-state index is 0.0609. The van der Waals surface area contributed by atoms with E-state index in [1.807, 2.05) is 0 Å². The van der Waals surface area contributed by atoms with Crippen LogP contribution in [-0.4, -0.2) is 24.5 Å². The van der Waals surface area contributed by atoms with Gasteiger partial charge >= 0.3 is 0 Å². The molecule has 4 N–H and O–H groups in total. The minimum atomic E-state index is -3.89. The van der Waals surface area contributed by atoms with Gasteiger partial charge in [0.05, 0.1) is 16.8 Å². The molecule has 0 spiro atoms. The minimum Gasteiger partial charge on any atom is -0.322 e. The first-order valence-corrected chi connectivity index (χ1v) is 7.35. The summed E-state index contributed by atoms with van der Waals surface area (Å²) in [6, 6.07) is 3.95. The Morgan fingerprint density at radius 2 is 2.15 bits per heavy atom. The number of hydrogen-bond donors (Lipinski definition) is 3. The largest absolute Gasteiger partial charge is 0.322 e. The maximum absolute atomic E-state index is 11.9. The molecule has 1 aromatic heterocycles. The summed E-state index contributed by atoms with van der Waals surface area (Å²) in [6.45, 7) is 1.71. The monoisotopic (exact) mass is 314 g/mol. The Morgan fingerprint density at radius 1 is 1.45 bits per heavy atom. The highest BCUT2D eigenvalue weighted by Gasteiger charge is 2.15. The van der Waals surface area contributed by atoms with E-state index < -0.39 is 10.0 Å². The summed E-state index contributed by atoms with van der Waals surface area (Å²) in [7, 11) is -3.89. The van der Waals surface area contributed by atoms with Gasteiger partial charge in [-0.1, -0.05) is 11.6 Å². The zero-order valence-corrected chi connectivity index (χ0v) is 11.9. The van der Waals surface area contributed by atoms with Crippen molar-refractivity contribution in [2.75, 3.05) is 5.32 Å². The van der Waals surface area contributed by atoms with Gasteiger partial charge < -0.3 is 5.32 Å². The van der Waals surface area contributed by atoms with Crippen LogP contribution < -0.4 is 10.5 Å². The van der Waals surface area contributed by atoms with E-state index in [1.165, 1.54) is 24.4 Å². The fourth-order valence-electron chi connectivity index (χ4n) is 1.59. The lowest BCUT2D eigenvalue weighted by Crippen LogP contribution is -2.14. The highest BCUT2D eigenvalue weighted by atomic mass is 35.5. The molecule has 106 valence electrons. The van der Waals surface area contributed by atoms with Crippen molar-refractivity contribution in [2.24, 2.45) is 5.14 Å². The molecule has 1 aromatic carbocycles. The molecule has 9 heteroatoms. The van der Waals surface area contributed by atoms with Gasteiger partial charge in [0.15, 0.2) is 0 Å². The van der Waals surface area contributed by atoms with Crippen LogP contribution in [0.15, 0.2) is 29.3 Å². The number of nitrogens with zero attached hydrogens (tertiary/aromatic N) is 1. The van der Waals surface area contributed by atoms with E-state index in [4.69, 9.17) is 16.7 Å². The van der Waals surface area contributed by atoms with E-state index in [2.05, 4.69) is 15.5 Å². The molecule has 20 heavy (non-hydrogen) atoms. The standard InChI is InChI=1S/C11H11ClN4O3S/c1-6-8(5-14-16-6)11(17)15-7-2-3-10(9(12)4-7)20(13,18)19/h2-5H,1H3,(H,14,16)(H,15,17)(H2,13,18,19). The number of nitrogens with two attached hydrogens (primary N) is 1. The molecule has 0 aliphatic rings. The predicted octanol–water partition coefficient (Wildman–Crippen LogP) is 1.27. The zero-order chi connectivity index (χ0) is 14.9. The van der Waals surface area contributed by atoms with Gasteiger partial charge in [0, 0.05) is 11.4 Å². The van der Waals surface area contributed by atoms with E-state index in [0.29, 0.717) is 16.9 Å². The quantitative estimate of drug-likeness (QED) is 0.790. The van der Waals surface area contributed by atoms with E-state index in [9.17, 15) is 13.2 Å². The van der Waals surface area contributed by atoms with Crippen LogP contribution in [0.4, 0.5) is 5.69 Å². The Bertz CT molecular complexity index is 770. The number of carbonyl (C=O) groups excluding carboxylic acids is 1. The number of H-pyrrole nitrogens is 1. The molecule has 0 saturated heterocycles. The summed E-state index contributed by atoms with van der Waals surface area (Å²) in [5.41, 5.74) is 1.36. The summed E-state index contributed by atoms with van der Waals surface area (Å²) in [6.07, 6.45) is 1.39. The number of amides is 1. The molecule has 0 bridgehead atoms. The average Bonchev–Trinajstić information content (AvgIpc) is 2.73. The van der Waals surface area contributed by atoms with Crippen LogP contribution in [0.3, 0.4) is 0 Å². The van der Waals surface area contributed by atoms with Crippen molar-refractivity contribution in [1.82, 2.24) is 10.2 Å². The van der Waals surface area contributed by atoms with E-state index in [1.54, 1.807) is 6.92 Å². The van der Waals surface area contributed by atoms with Crippen LogP contribution in [0.5, 0.6) is 0 Å². The number of carbonyl (C=O) groups is 1. The molecular weight excluding hydrogens is 304 g/mol. The molecule has 2 rings (SSSR count). The molecule has 1 heterocycles. The van der Waals surface area contributed by atoms with Gasteiger partial charge in [0.2, 0.25) is 10.0 Å². The summed E-state index contributed by atoms with van der Waals surface area (Å²) >= 11 is 5.82. The Balaban J connectivity index is 2.26. The number of sulfonamides is 1. The van der Waals surface area contributed by atoms with Crippen molar-refractivity contribution in [3.8, 4) is 0 Å². The van der Waals surface area contributed by atoms with E-state index in [0.717, 1.165) is 0 Å². The summed E-state index contributed by atoms with van der Waals surface area (Å²) in [5, 5.41) is 13.9. The highest BCUT2D eigenvalue weighted by Crippen LogP contribution is 2.24. The summed E-state index contributed by atoms with van der Waals surface area (Å²) < 4.78 is 22.4. The second kappa shape index (κ2) is 5.23. The molecule has 0 radical (unpaired) electrons. The lowest BCUT2D eigenvalue weighted by Gasteiger charge is -2.07. The van der Waals surface area contributed by atoms with Crippen molar-refractivity contribution >= 4 is 33.2 Å². The first kappa shape index (κ1) is 14.5. The molecule has 0 aliphatic carbocycles. The molecule has 2 aromatic rings. The Morgan fingerprint density at radius 3 is 2.65 bits per heavy atom. The number of benzene rings is 1. The lowest BCUT2D eigenvalue weighted by atomic mass is 10.2. The number of rotatable bonds is 3. The first-order chi connectivity index (χ1) is 9.29. The van der Waals surface area contributed by atoms with Crippen LogP contribution in [-0.2, 0) is 10.0 Å². The molecule has 0 atom stereocenters. The molecule has 0 aliphatic heterocycles. The summed E-state index contributed by atoms with van der Waals surface area (Å²) in [5.74, 6) is -0.379. The van der Waals surface area contributed by atoms with Crippen molar-refractivity contribution in [1.29, 1.82) is 0 Å². The first-order valence-electron chi connectivity index (χ1n) is 5.42. The van der Waals surface area contributed by atoms with Crippen molar-refractivity contribution in [2.45, 2.75) is 11.8 Å². The molecule has 0 unspecified atom stereocenters. The SMILES string of the molecule is Cc1[nH]ncc1C(=O)Nc1ccc(S(N)(=O)=O)c(Cl)c1. The molecule has 7 nitrogen and oxygen atoms in total.